The summed E-state index contributed by atoms with van der Waals surface area (Å²) in [7, 11) is 0. The monoisotopic (exact) mass is 314 g/mol. The van der Waals surface area contributed by atoms with Gasteiger partial charge in [0.25, 0.3) is 0 Å². The molecule has 0 spiro atoms. The second-order valence-corrected chi connectivity index (χ2v) is 8.75. The summed E-state index contributed by atoms with van der Waals surface area (Å²) in [5.74, 6) is 1.01. The third-order valence-electron chi connectivity index (χ3n) is 6.15. The van der Waals surface area contributed by atoms with E-state index in [1.165, 1.54) is 29.5 Å². The second-order valence-electron chi connectivity index (χ2n) is 8.75. The molecule has 1 aromatic rings. The molecule has 0 aliphatic heterocycles. The Kier molecular flexibility index (Phi) is 3.85. The summed E-state index contributed by atoms with van der Waals surface area (Å²) in [6.07, 6.45) is 6.33. The van der Waals surface area contributed by atoms with E-state index in [0.29, 0.717) is 13.0 Å². The third kappa shape index (κ3) is 2.70. The molecule has 126 valence electrons. The maximum Gasteiger partial charge on any atom is 0.123 e. The Morgan fingerprint density at radius 2 is 1.52 bits per heavy atom. The largest absolute Gasteiger partial charge is 0.494 e. The quantitative estimate of drug-likeness (QED) is 0.710. The van der Waals surface area contributed by atoms with Crippen molar-refractivity contribution in [3.63, 3.8) is 0 Å². The van der Waals surface area contributed by atoms with Crippen LogP contribution in [0.3, 0.4) is 0 Å². The molecule has 2 heteroatoms. The second kappa shape index (κ2) is 5.36. The van der Waals surface area contributed by atoms with Gasteiger partial charge < -0.3 is 9.53 Å². The van der Waals surface area contributed by atoms with Crippen molar-refractivity contribution in [3.8, 4) is 5.75 Å². The molecule has 1 saturated carbocycles. The van der Waals surface area contributed by atoms with Crippen LogP contribution in [0.5, 0.6) is 5.75 Å². The number of rotatable bonds is 5. The molecule has 0 unspecified atom stereocenters. The van der Waals surface area contributed by atoms with Gasteiger partial charge in [0, 0.05) is 17.4 Å². The Morgan fingerprint density at radius 1 is 0.957 bits per heavy atom. The Morgan fingerprint density at radius 3 is 2.00 bits per heavy atom. The first-order chi connectivity index (χ1) is 10.8. The molecule has 3 rings (SSSR count). The fraction of sp³-hybridized carbons (Fsp3) is 0.667. The molecular weight excluding hydrogens is 284 g/mol. The van der Waals surface area contributed by atoms with E-state index in [4.69, 9.17) is 4.74 Å². The number of fused-ring (bicyclic) bond motifs is 1. The summed E-state index contributed by atoms with van der Waals surface area (Å²) in [6, 6.07) is 4.68. The average molecular weight is 314 g/mol. The number of hydrogen-bond donors (Lipinski definition) is 0. The van der Waals surface area contributed by atoms with Crippen LogP contribution in [0.4, 0.5) is 0 Å². The first-order valence-electron chi connectivity index (χ1n) is 9.02. The highest BCUT2D eigenvalue weighted by Crippen LogP contribution is 2.56. The number of ether oxygens (including phenoxy) is 1. The maximum absolute atomic E-state index is 11.2. The zero-order chi connectivity index (χ0) is 16.9. The van der Waals surface area contributed by atoms with E-state index in [9.17, 15) is 4.79 Å². The van der Waals surface area contributed by atoms with Crippen molar-refractivity contribution < 1.29 is 9.53 Å². The van der Waals surface area contributed by atoms with Crippen LogP contribution in [0.1, 0.15) is 83.4 Å². The van der Waals surface area contributed by atoms with Crippen LogP contribution in [0.15, 0.2) is 12.1 Å². The summed E-state index contributed by atoms with van der Waals surface area (Å²) >= 11 is 0. The minimum Gasteiger partial charge on any atom is -0.494 e. The van der Waals surface area contributed by atoms with Gasteiger partial charge in [-0.3, -0.25) is 0 Å². The van der Waals surface area contributed by atoms with E-state index in [1.807, 2.05) is 6.92 Å². The van der Waals surface area contributed by atoms with Crippen molar-refractivity contribution in [3.05, 3.63) is 28.8 Å². The van der Waals surface area contributed by atoms with Gasteiger partial charge in [-0.25, -0.2) is 0 Å². The lowest BCUT2D eigenvalue weighted by Gasteiger charge is -2.42. The molecule has 2 aliphatic rings. The molecule has 0 amide bonds. The predicted molar refractivity (Wildman–Crippen MR) is 94.5 cm³/mol. The molecule has 1 fully saturated rings. The lowest BCUT2D eigenvalue weighted by molar-refractivity contribution is -0.108. The SMILES string of the molecule is CCOc1cc2c(cc1C1(CC=O)CC1)C(C)(C)CCC2(C)C. The van der Waals surface area contributed by atoms with E-state index >= 15 is 0 Å². The fourth-order valence-corrected chi connectivity index (χ4v) is 4.18. The smallest absolute Gasteiger partial charge is 0.123 e. The molecule has 23 heavy (non-hydrogen) atoms. The van der Waals surface area contributed by atoms with Crippen LogP contribution < -0.4 is 4.74 Å². The van der Waals surface area contributed by atoms with Gasteiger partial charge in [-0.1, -0.05) is 33.8 Å². The zero-order valence-electron chi connectivity index (χ0n) is 15.3. The molecule has 0 saturated heterocycles. The van der Waals surface area contributed by atoms with Gasteiger partial charge in [0.05, 0.1) is 6.61 Å². The average Bonchev–Trinajstić information content (AvgIpc) is 3.25. The number of carbonyl (C=O) groups excluding carboxylic acids is 1. The van der Waals surface area contributed by atoms with Gasteiger partial charge >= 0.3 is 0 Å². The van der Waals surface area contributed by atoms with Crippen LogP contribution in [-0.4, -0.2) is 12.9 Å². The van der Waals surface area contributed by atoms with E-state index in [-0.39, 0.29) is 16.2 Å². The van der Waals surface area contributed by atoms with Crippen molar-refractivity contribution in [2.45, 2.75) is 83.0 Å². The molecular formula is C21H30O2. The third-order valence-corrected chi connectivity index (χ3v) is 6.15. The standard InChI is InChI=1S/C21H30O2/c1-6-23-18-14-16-15(19(2,3)7-8-20(16,4)5)13-17(18)21(9-10-21)11-12-22/h12-14H,6-11H2,1-5H3. The Balaban J connectivity index is 2.20. The van der Waals surface area contributed by atoms with Gasteiger partial charge in [-0.2, -0.15) is 0 Å². The fourth-order valence-electron chi connectivity index (χ4n) is 4.18. The molecule has 0 aromatic heterocycles. The first-order valence-corrected chi connectivity index (χ1v) is 9.02. The molecule has 0 bridgehead atoms. The van der Waals surface area contributed by atoms with E-state index in [2.05, 4.69) is 39.8 Å². The number of benzene rings is 1. The highest BCUT2D eigenvalue weighted by atomic mass is 16.5. The van der Waals surface area contributed by atoms with Crippen LogP contribution in [0, 0.1) is 0 Å². The Labute approximate surface area is 140 Å². The highest BCUT2D eigenvalue weighted by molar-refractivity contribution is 5.60. The summed E-state index contributed by atoms with van der Waals surface area (Å²) in [5, 5.41) is 0. The normalized spacial score (nSPS) is 23.0. The summed E-state index contributed by atoms with van der Waals surface area (Å²) in [4.78, 5) is 11.2. The van der Waals surface area contributed by atoms with E-state index < -0.39 is 0 Å². The number of aldehydes is 1. The van der Waals surface area contributed by atoms with Crippen molar-refractivity contribution in [2.24, 2.45) is 0 Å². The van der Waals surface area contributed by atoms with Crippen molar-refractivity contribution in [1.29, 1.82) is 0 Å². The lowest BCUT2D eigenvalue weighted by Crippen LogP contribution is -2.34. The van der Waals surface area contributed by atoms with E-state index in [1.54, 1.807) is 0 Å². The summed E-state index contributed by atoms with van der Waals surface area (Å²) in [5.41, 5.74) is 4.60. The highest BCUT2D eigenvalue weighted by Gasteiger charge is 2.47. The molecule has 0 atom stereocenters. The molecule has 0 N–H and O–H groups in total. The van der Waals surface area contributed by atoms with Crippen molar-refractivity contribution in [1.82, 2.24) is 0 Å². The van der Waals surface area contributed by atoms with Crippen LogP contribution in [-0.2, 0) is 21.0 Å². The van der Waals surface area contributed by atoms with Gasteiger partial charge in [0.1, 0.15) is 12.0 Å². The minimum atomic E-state index is 0.0406. The van der Waals surface area contributed by atoms with Gasteiger partial charge in [-0.05, 0) is 60.6 Å². The first kappa shape index (κ1) is 16.5. The van der Waals surface area contributed by atoms with Crippen molar-refractivity contribution in [2.75, 3.05) is 6.61 Å². The zero-order valence-corrected chi connectivity index (χ0v) is 15.3. The Bertz CT molecular complexity index is 621. The molecule has 1 aromatic carbocycles. The molecule has 2 aliphatic carbocycles. The van der Waals surface area contributed by atoms with Gasteiger partial charge in [-0.15, -0.1) is 0 Å². The minimum absolute atomic E-state index is 0.0406. The topological polar surface area (TPSA) is 26.3 Å². The van der Waals surface area contributed by atoms with Crippen LogP contribution in [0.25, 0.3) is 0 Å². The number of hydrogen-bond acceptors (Lipinski definition) is 2. The maximum atomic E-state index is 11.2. The van der Waals surface area contributed by atoms with Crippen molar-refractivity contribution >= 4 is 6.29 Å². The van der Waals surface area contributed by atoms with E-state index in [0.717, 1.165) is 24.9 Å². The lowest BCUT2D eigenvalue weighted by atomic mass is 9.62. The molecule has 0 radical (unpaired) electrons. The Hall–Kier alpha value is -1.31. The predicted octanol–water partition coefficient (Wildman–Crippen LogP) is 5.05. The van der Waals surface area contributed by atoms with Gasteiger partial charge in [0.2, 0.25) is 0 Å². The summed E-state index contributed by atoms with van der Waals surface area (Å²) in [6.45, 7) is 12.1. The molecule has 2 nitrogen and oxygen atoms in total. The molecule has 0 heterocycles. The van der Waals surface area contributed by atoms with Crippen LogP contribution >= 0.6 is 0 Å². The van der Waals surface area contributed by atoms with Crippen LogP contribution in [0.2, 0.25) is 0 Å². The summed E-state index contributed by atoms with van der Waals surface area (Å²) < 4.78 is 6.02. The van der Waals surface area contributed by atoms with Gasteiger partial charge in [0.15, 0.2) is 0 Å². The number of carbonyl (C=O) groups is 1.